The largest absolute Gasteiger partial charge is 0.392 e. The summed E-state index contributed by atoms with van der Waals surface area (Å²) in [6.07, 6.45) is -1.74. The van der Waals surface area contributed by atoms with E-state index in [4.69, 9.17) is 23.7 Å². The summed E-state index contributed by atoms with van der Waals surface area (Å²) in [6.45, 7) is 9.66. The Hall–Kier alpha value is -0.280. The third-order valence-corrected chi connectivity index (χ3v) is 6.43. The maximum absolute atomic E-state index is 10.7. The van der Waals surface area contributed by atoms with Gasteiger partial charge in [0.25, 0.3) is 0 Å². The molecule has 7 nitrogen and oxygen atoms in total. The molecule has 2 rings (SSSR count). The van der Waals surface area contributed by atoms with E-state index in [1.807, 2.05) is 27.7 Å². The fraction of sp³-hybridized carbons (Fsp3) is 1.00. The Kier molecular flexibility index (Phi) is 8.93. The predicted octanol–water partition coefficient (Wildman–Crippen LogP) is 1.10. The van der Waals surface area contributed by atoms with E-state index in [0.717, 1.165) is 0 Å². The Bertz CT molecular complexity index is 435. The van der Waals surface area contributed by atoms with Gasteiger partial charge in [0, 0.05) is 32.0 Å². The number of aliphatic hydroxyl groups is 2. The summed E-state index contributed by atoms with van der Waals surface area (Å²) in [5.74, 6) is 0.0825. The third-order valence-electron chi connectivity index (χ3n) is 6.43. The van der Waals surface area contributed by atoms with Crippen molar-refractivity contribution in [2.24, 2.45) is 23.7 Å². The summed E-state index contributed by atoms with van der Waals surface area (Å²) in [4.78, 5) is 0. The number of methoxy groups -OCH3 is 2. The summed E-state index contributed by atoms with van der Waals surface area (Å²) in [6, 6.07) is 0. The molecule has 0 spiro atoms. The zero-order chi connectivity index (χ0) is 20.1. The Morgan fingerprint density at radius 3 is 1.89 bits per heavy atom. The minimum Gasteiger partial charge on any atom is -0.392 e. The maximum atomic E-state index is 10.7. The molecule has 10 atom stereocenters. The number of rotatable bonds is 8. The molecule has 0 amide bonds. The minimum atomic E-state index is -0.601. The van der Waals surface area contributed by atoms with Crippen LogP contribution >= 0.6 is 0 Å². The van der Waals surface area contributed by atoms with Gasteiger partial charge in [0.1, 0.15) is 6.10 Å². The van der Waals surface area contributed by atoms with E-state index in [0.29, 0.717) is 26.4 Å². The van der Waals surface area contributed by atoms with Gasteiger partial charge in [0.2, 0.25) is 0 Å². The maximum Gasteiger partial charge on any atom is 0.107 e. The molecule has 2 aliphatic rings. The lowest BCUT2D eigenvalue weighted by Crippen LogP contribution is -2.53. The van der Waals surface area contributed by atoms with Gasteiger partial charge in [-0.1, -0.05) is 13.8 Å². The van der Waals surface area contributed by atoms with Gasteiger partial charge in [-0.15, -0.1) is 0 Å². The van der Waals surface area contributed by atoms with Crippen LogP contribution in [0.3, 0.4) is 0 Å². The normalized spacial score (nSPS) is 45.8. The standard InChI is InChI=1S/C20H38O7/c1-11-15(7-23-5)13(3)27-18(20(11)22)10-25-8-16-14(4)26-17(9-24-6)12(2)19(16)21/h11-22H,7-10H2,1-6H3/t11-,12?,13?,14?,15+,16-,17+,18+,19+,20?/m1/s1. The van der Waals surface area contributed by atoms with Gasteiger partial charge in [-0.05, 0) is 19.8 Å². The fourth-order valence-corrected chi connectivity index (χ4v) is 4.39. The highest BCUT2D eigenvalue weighted by Gasteiger charge is 2.43. The molecule has 0 bridgehead atoms. The Labute approximate surface area is 163 Å². The minimum absolute atomic E-state index is 0.00528. The zero-order valence-electron chi connectivity index (χ0n) is 17.5. The first-order chi connectivity index (χ1) is 12.8. The molecule has 2 N–H and O–H groups in total. The van der Waals surface area contributed by atoms with E-state index >= 15 is 0 Å². The van der Waals surface area contributed by atoms with Gasteiger partial charge in [0.05, 0.1) is 56.9 Å². The van der Waals surface area contributed by atoms with Crippen molar-refractivity contribution in [3.05, 3.63) is 0 Å². The Balaban J connectivity index is 1.85. The summed E-state index contributed by atoms with van der Waals surface area (Å²) in [5.41, 5.74) is 0. The Morgan fingerprint density at radius 2 is 1.26 bits per heavy atom. The molecule has 7 heteroatoms. The summed E-state index contributed by atoms with van der Waals surface area (Å²) in [5, 5.41) is 21.2. The highest BCUT2D eigenvalue weighted by atomic mass is 16.6. The monoisotopic (exact) mass is 390 g/mol. The molecule has 2 aliphatic heterocycles. The van der Waals surface area contributed by atoms with Gasteiger partial charge >= 0.3 is 0 Å². The van der Waals surface area contributed by atoms with E-state index < -0.39 is 12.2 Å². The number of ether oxygens (including phenoxy) is 5. The van der Waals surface area contributed by atoms with Crippen LogP contribution in [0.15, 0.2) is 0 Å². The highest BCUT2D eigenvalue weighted by molar-refractivity contribution is 4.90. The van der Waals surface area contributed by atoms with Crippen LogP contribution in [0.25, 0.3) is 0 Å². The molecule has 2 fully saturated rings. The van der Waals surface area contributed by atoms with Gasteiger partial charge < -0.3 is 33.9 Å². The van der Waals surface area contributed by atoms with Gasteiger partial charge in [-0.2, -0.15) is 0 Å². The lowest BCUT2D eigenvalue weighted by Gasteiger charge is -2.44. The predicted molar refractivity (Wildman–Crippen MR) is 101 cm³/mol. The molecular weight excluding hydrogens is 352 g/mol. The molecule has 0 saturated carbocycles. The van der Waals surface area contributed by atoms with Gasteiger partial charge in [-0.3, -0.25) is 0 Å². The molecule has 160 valence electrons. The van der Waals surface area contributed by atoms with Crippen molar-refractivity contribution in [3.8, 4) is 0 Å². The van der Waals surface area contributed by atoms with E-state index in [9.17, 15) is 10.2 Å². The molecule has 4 unspecified atom stereocenters. The number of aliphatic hydroxyl groups excluding tert-OH is 2. The van der Waals surface area contributed by atoms with Crippen LogP contribution in [0.2, 0.25) is 0 Å². The zero-order valence-corrected chi connectivity index (χ0v) is 17.5. The molecule has 0 aromatic carbocycles. The lowest BCUT2D eigenvalue weighted by atomic mass is 9.81. The van der Waals surface area contributed by atoms with Crippen LogP contribution < -0.4 is 0 Å². The van der Waals surface area contributed by atoms with Crippen molar-refractivity contribution in [1.82, 2.24) is 0 Å². The van der Waals surface area contributed by atoms with Crippen molar-refractivity contribution in [3.63, 3.8) is 0 Å². The van der Waals surface area contributed by atoms with Crippen molar-refractivity contribution in [1.29, 1.82) is 0 Å². The summed E-state index contributed by atoms with van der Waals surface area (Å²) < 4.78 is 28.3. The SMILES string of the molecule is COC[C@@H]1OC(C)[C@@H](COC[C@@H]2OC(C)[C@@H](COC)[C@@H](C)C2O)[C@@H](O)C1C. The summed E-state index contributed by atoms with van der Waals surface area (Å²) >= 11 is 0. The van der Waals surface area contributed by atoms with Crippen molar-refractivity contribution >= 4 is 0 Å². The topological polar surface area (TPSA) is 86.6 Å². The third kappa shape index (κ3) is 5.41. The molecule has 2 saturated heterocycles. The van der Waals surface area contributed by atoms with Crippen LogP contribution in [0.4, 0.5) is 0 Å². The van der Waals surface area contributed by atoms with Crippen LogP contribution in [-0.2, 0) is 23.7 Å². The quantitative estimate of drug-likeness (QED) is 0.642. The second kappa shape index (κ2) is 10.5. The van der Waals surface area contributed by atoms with E-state index in [1.54, 1.807) is 14.2 Å². The van der Waals surface area contributed by atoms with Crippen LogP contribution in [0.1, 0.15) is 27.7 Å². The molecule has 2 heterocycles. The summed E-state index contributed by atoms with van der Waals surface area (Å²) in [7, 11) is 3.30. The Morgan fingerprint density at radius 1 is 0.667 bits per heavy atom. The number of hydrogen-bond acceptors (Lipinski definition) is 7. The van der Waals surface area contributed by atoms with Crippen LogP contribution in [0.5, 0.6) is 0 Å². The van der Waals surface area contributed by atoms with Gasteiger partial charge in [0.15, 0.2) is 0 Å². The molecular formula is C20H38O7. The molecule has 0 aliphatic carbocycles. The fourth-order valence-electron chi connectivity index (χ4n) is 4.39. The van der Waals surface area contributed by atoms with Gasteiger partial charge in [-0.25, -0.2) is 0 Å². The smallest absolute Gasteiger partial charge is 0.107 e. The second-order valence-corrected chi connectivity index (χ2v) is 8.23. The average molecular weight is 391 g/mol. The highest BCUT2D eigenvalue weighted by Crippen LogP contribution is 2.33. The van der Waals surface area contributed by atoms with Crippen LogP contribution in [0, 0.1) is 23.7 Å². The second-order valence-electron chi connectivity index (χ2n) is 8.23. The lowest BCUT2D eigenvalue weighted by molar-refractivity contribution is -0.208. The van der Waals surface area contributed by atoms with Crippen molar-refractivity contribution in [2.75, 3.05) is 40.6 Å². The molecule has 27 heavy (non-hydrogen) atoms. The number of hydrogen-bond donors (Lipinski definition) is 2. The van der Waals surface area contributed by atoms with Crippen molar-refractivity contribution in [2.45, 2.75) is 64.3 Å². The van der Waals surface area contributed by atoms with Crippen molar-refractivity contribution < 1.29 is 33.9 Å². The first kappa shape index (κ1) is 23.0. The van der Waals surface area contributed by atoms with E-state index in [1.165, 1.54) is 0 Å². The van der Waals surface area contributed by atoms with Crippen LogP contribution in [-0.4, -0.2) is 87.5 Å². The molecule has 0 aromatic heterocycles. The molecule has 0 aromatic rings. The first-order valence-corrected chi connectivity index (χ1v) is 10.0. The average Bonchev–Trinajstić information content (AvgIpc) is 2.63. The molecule has 0 radical (unpaired) electrons. The van der Waals surface area contributed by atoms with E-state index in [2.05, 4.69) is 0 Å². The first-order valence-electron chi connectivity index (χ1n) is 10.0. The van der Waals surface area contributed by atoms with E-state index in [-0.39, 0.29) is 48.1 Å².